The van der Waals surface area contributed by atoms with Crippen molar-refractivity contribution in [2.45, 2.75) is 0 Å². The molecule has 0 heterocycles. The number of benzene rings is 2. The van der Waals surface area contributed by atoms with Crippen molar-refractivity contribution in [3.8, 4) is 17.2 Å². The van der Waals surface area contributed by atoms with Crippen LogP contribution < -0.4 is 0 Å². The number of phenols is 3. The highest BCUT2D eigenvalue weighted by Crippen LogP contribution is 2.30. The first kappa shape index (κ1) is 13.4. The summed E-state index contributed by atoms with van der Waals surface area (Å²) in [6, 6.07) is 8.02. The Bertz CT molecular complexity index is 694. The Morgan fingerprint density at radius 3 is 2.50 bits per heavy atom. The third-order valence-electron chi connectivity index (χ3n) is 2.61. The van der Waals surface area contributed by atoms with Crippen molar-refractivity contribution in [1.82, 2.24) is 0 Å². The number of aromatic carboxylic acids is 1. The first-order valence-electron chi connectivity index (χ1n) is 5.60. The topological polar surface area (TPSA) is 110 Å². The van der Waals surface area contributed by atoms with Gasteiger partial charge in [0.25, 0.3) is 0 Å². The van der Waals surface area contributed by atoms with Crippen LogP contribution in [-0.4, -0.2) is 32.6 Å². The lowest BCUT2D eigenvalue weighted by Gasteiger charge is -2.02. The molecule has 0 aliphatic heterocycles. The number of aromatic hydroxyl groups is 3. The van der Waals surface area contributed by atoms with Crippen molar-refractivity contribution in [2.75, 3.05) is 0 Å². The minimum absolute atomic E-state index is 0.0184. The molecule has 4 N–H and O–H groups in total. The van der Waals surface area contributed by atoms with E-state index in [0.29, 0.717) is 0 Å². The lowest BCUT2D eigenvalue weighted by molar-refractivity contribution is 0.0697. The van der Waals surface area contributed by atoms with Gasteiger partial charge in [-0.3, -0.25) is 4.99 Å². The van der Waals surface area contributed by atoms with Gasteiger partial charge >= 0.3 is 5.97 Å². The molecule has 0 saturated carbocycles. The summed E-state index contributed by atoms with van der Waals surface area (Å²) < 4.78 is 0. The number of carbonyl (C=O) groups is 1. The van der Waals surface area contributed by atoms with Gasteiger partial charge in [0.2, 0.25) is 0 Å². The summed E-state index contributed by atoms with van der Waals surface area (Å²) in [7, 11) is 0. The van der Waals surface area contributed by atoms with Gasteiger partial charge in [-0.2, -0.15) is 0 Å². The number of para-hydroxylation sites is 1. The summed E-state index contributed by atoms with van der Waals surface area (Å²) in [4.78, 5) is 14.7. The molecule has 0 atom stereocenters. The lowest BCUT2D eigenvalue weighted by Crippen LogP contribution is -1.94. The number of nitrogens with zero attached hydrogens (tertiary/aromatic N) is 1. The van der Waals surface area contributed by atoms with E-state index in [1.807, 2.05) is 0 Å². The molecular weight excluding hydrogens is 262 g/mol. The molecule has 0 saturated heterocycles. The third kappa shape index (κ3) is 2.69. The summed E-state index contributed by atoms with van der Waals surface area (Å²) in [5, 5.41) is 37.4. The Kier molecular flexibility index (Phi) is 3.56. The van der Waals surface area contributed by atoms with Gasteiger partial charge in [-0.15, -0.1) is 0 Å². The molecule has 6 nitrogen and oxygen atoms in total. The van der Waals surface area contributed by atoms with Crippen molar-refractivity contribution < 1.29 is 25.2 Å². The number of rotatable bonds is 3. The molecule has 0 bridgehead atoms. The third-order valence-corrected chi connectivity index (χ3v) is 2.61. The molecular formula is C14H11NO5. The van der Waals surface area contributed by atoms with E-state index in [0.717, 1.165) is 0 Å². The maximum absolute atomic E-state index is 10.8. The van der Waals surface area contributed by atoms with Crippen molar-refractivity contribution in [1.29, 1.82) is 0 Å². The summed E-state index contributed by atoms with van der Waals surface area (Å²) in [5.74, 6) is -1.96. The van der Waals surface area contributed by atoms with Gasteiger partial charge in [0.1, 0.15) is 11.4 Å². The van der Waals surface area contributed by atoms with E-state index >= 15 is 0 Å². The monoisotopic (exact) mass is 273 g/mol. The summed E-state index contributed by atoms with van der Waals surface area (Å²) in [5.41, 5.74) is 0.271. The highest BCUT2D eigenvalue weighted by Gasteiger charge is 2.07. The van der Waals surface area contributed by atoms with Crippen LogP contribution in [0.25, 0.3) is 0 Å². The fourth-order valence-corrected chi connectivity index (χ4v) is 1.55. The fraction of sp³-hybridized carbons (Fsp3) is 0. The Balaban J connectivity index is 2.38. The van der Waals surface area contributed by atoms with Gasteiger partial charge in [-0.25, -0.2) is 4.79 Å². The van der Waals surface area contributed by atoms with E-state index < -0.39 is 5.97 Å². The van der Waals surface area contributed by atoms with Crippen LogP contribution in [0.3, 0.4) is 0 Å². The van der Waals surface area contributed by atoms with Crippen molar-refractivity contribution >= 4 is 17.9 Å². The van der Waals surface area contributed by atoms with E-state index in [1.54, 1.807) is 0 Å². The second-order valence-corrected chi connectivity index (χ2v) is 3.98. The van der Waals surface area contributed by atoms with Gasteiger partial charge in [0, 0.05) is 11.8 Å². The second-order valence-electron chi connectivity index (χ2n) is 3.98. The normalized spacial score (nSPS) is 10.8. The molecule has 0 fully saturated rings. The molecule has 0 aliphatic rings. The van der Waals surface area contributed by atoms with Crippen LogP contribution in [0.2, 0.25) is 0 Å². The predicted molar refractivity (Wildman–Crippen MR) is 72.1 cm³/mol. The highest BCUT2D eigenvalue weighted by molar-refractivity contribution is 5.91. The quantitative estimate of drug-likeness (QED) is 0.506. The average molecular weight is 273 g/mol. The summed E-state index contributed by atoms with van der Waals surface area (Å²) in [6.07, 6.45) is 1.22. The molecule has 0 spiro atoms. The lowest BCUT2D eigenvalue weighted by atomic mass is 10.2. The molecule has 20 heavy (non-hydrogen) atoms. The van der Waals surface area contributed by atoms with Crippen LogP contribution in [0, 0.1) is 0 Å². The molecule has 2 aromatic carbocycles. The number of hydrogen-bond donors (Lipinski definition) is 4. The average Bonchev–Trinajstić information content (AvgIpc) is 2.41. The van der Waals surface area contributed by atoms with Crippen LogP contribution in [0.1, 0.15) is 15.9 Å². The largest absolute Gasteiger partial charge is 0.506 e. The number of aliphatic imine (C=N–C) groups is 1. The second kappa shape index (κ2) is 5.31. The number of carboxylic acid groups (broad SMARTS) is 1. The van der Waals surface area contributed by atoms with Crippen molar-refractivity contribution in [2.24, 2.45) is 4.99 Å². The van der Waals surface area contributed by atoms with E-state index in [-0.39, 0.29) is 34.1 Å². The number of phenolic OH excluding ortho intramolecular Hbond substituents is 3. The molecule has 2 aromatic rings. The molecule has 102 valence electrons. The first-order chi connectivity index (χ1) is 9.49. The standard InChI is InChI=1S/C14H11NO5/c16-11-5-4-8(14(19)20)6-10(11)15-7-9-2-1-3-12(17)13(9)18/h1-7,16-18H,(H,19,20). The fourth-order valence-electron chi connectivity index (χ4n) is 1.55. The van der Waals surface area contributed by atoms with Gasteiger partial charge in [-0.05, 0) is 30.3 Å². The Hall–Kier alpha value is -3.02. The predicted octanol–water partition coefficient (Wildman–Crippen LogP) is 2.25. The zero-order valence-electron chi connectivity index (χ0n) is 10.2. The van der Waals surface area contributed by atoms with Gasteiger partial charge in [0.15, 0.2) is 11.5 Å². The molecule has 0 unspecified atom stereocenters. The molecule has 0 amide bonds. The highest BCUT2D eigenvalue weighted by atomic mass is 16.4. The summed E-state index contributed by atoms with van der Waals surface area (Å²) >= 11 is 0. The number of carboxylic acids is 1. The molecule has 0 radical (unpaired) electrons. The van der Waals surface area contributed by atoms with Crippen LogP contribution in [-0.2, 0) is 0 Å². The van der Waals surface area contributed by atoms with Crippen LogP contribution >= 0.6 is 0 Å². The van der Waals surface area contributed by atoms with Gasteiger partial charge in [-0.1, -0.05) is 6.07 Å². The Morgan fingerprint density at radius 2 is 1.80 bits per heavy atom. The van der Waals surface area contributed by atoms with E-state index in [2.05, 4.69) is 4.99 Å². The zero-order valence-corrected chi connectivity index (χ0v) is 10.2. The molecule has 6 heteroatoms. The van der Waals surface area contributed by atoms with E-state index in [1.165, 1.54) is 42.6 Å². The van der Waals surface area contributed by atoms with Crippen molar-refractivity contribution in [3.63, 3.8) is 0 Å². The van der Waals surface area contributed by atoms with Gasteiger partial charge < -0.3 is 20.4 Å². The van der Waals surface area contributed by atoms with E-state index in [9.17, 15) is 20.1 Å². The van der Waals surface area contributed by atoms with Crippen molar-refractivity contribution in [3.05, 3.63) is 47.5 Å². The van der Waals surface area contributed by atoms with Crippen LogP contribution in [0.15, 0.2) is 41.4 Å². The zero-order chi connectivity index (χ0) is 14.7. The number of hydrogen-bond acceptors (Lipinski definition) is 5. The SMILES string of the molecule is O=C(O)c1ccc(O)c(N=Cc2cccc(O)c2O)c1. The van der Waals surface area contributed by atoms with Crippen LogP contribution in [0.4, 0.5) is 5.69 Å². The minimum Gasteiger partial charge on any atom is -0.506 e. The first-order valence-corrected chi connectivity index (χ1v) is 5.60. The minimum atomic E-state index is -1.14. The molecule has 0 aromatic heterocycles. The molecule has 0 aliphatic carbocycles. The Labute approximate surface area is 113 Å². The van der Waals surface area contributed by atoms with Crippen LogP contribution in [0.5, 0.6) is 17.2 Å². The Morgan fingerprint density at radius 1 is 1.05 bits per heavy atom. The maximum atomic E-state index is 10.8. The van der Waals surface area contributed by atoms with Gasteiger partial charge in [0.05, 0.1) is 5.56 Å². The van der Waals surface area contributed by atoms with E-state index in [4.69, 9.17) is 5.11 Å². The maximum Gasteiger partial charge on any atom is 0.335 e. The molecule has 2 rings (SSSR count). The summed E-state index contributed by atoms with van der Waals surface area (Å²) in [6.45, 7) is 0. The smallest absolute Gasteiger partial charge is 0.335 e.